The third-order valence-electron chi connectivity index (χ3n) is 5.28. The molecule has 0 bridgehead atoms. The monoisotopic (exact) mass is 409 g/mol. The molecule has 3 aromatic rings. The Morgan fingerprint density at radius 3 is 2.79 bits per heavy atom. The lowest BCUT2D eigenvalue weighted by atomic mass is 10.0. The first-order chi connectivity index (χ1) is 14.1. The van der Waals surface area contributed by atoms with E-state index < -0.39 is 0 Å². The second-order valence-electron chi connectivity index (χ2n) is 7.26. The highest BCUT2D eigenvalue weighted by Gasteiger charge is 2.21. The first-order valence-corrected chi connectivity index (χ1v) is 10.7. The number of ether oxygens (including phenoxy) is 1. The lowest BCUT2D eigenvalue weighted by molar-refractivity contribution is -0.883. The van der Waals surface area contributed by atoms with Crippen molar-refractivity contribution in [1.29, 1.82) is 0 Å². The molecule has 3 heterocycles. The number of quaternary nitrogens is 1. The lowest BCUT2D eigenvalue weighted by Crippen LogP contribution is -3.12. The summed E-state index contributed by atoms with van der Waals surface area (Å²) >= 11 is 1.49. The highest BCUT2D eigenvalue weighted by molar-refractivity contribution is 7.99. The average molecular weight is 410 g/mol. The van der Waals surface area contributed by atoms with Crippen LogP contribution in [0.25, 0.3) is 22.0 Å². The SMILES string of the molecule is COc1ccc2c(-c3cccnc3)cc(SCC(=O)N3CC[NH+](C)CC3)nc2c1. The Labute approximate surface area is 174 Å². The molecule has 1 aliphatic rings. The molecule has 0 atom stereocenters. The van der Waals surface area contributed by atoms with Crippen LogP contribution in [0.1, 0.15) is 0 Å². The average Bonchev–Trinajstić information content (AvgIpc) is 2.77. The molecule has 1 aromatic carbocycles. The van der Waals surface area contributed by atoms with Crippen molar-refractivity contribution in [2.75, 3.05) is 46.1 Å². The number of hydrogen-bond acceptors (Lipinski definition) is 5. The number of benzene rings is 1. The van der Waals surface area contributed by atoms with E-state index in [-0.39, 0.29) is 5.91 Å². The number of pyridine rings is 2. The molecule has 0 spiro atoms. The maximum absolute atomic E-state index is 12.6. The zero-order chi connectivity index (χ0) is 20.2. The molecule has 1 fully saturated rings. The molecule has 2 aromatic heterocycles. The topological polar surface area (TPSA) is 59.8 Å². The molecule has 7 heteroatoms. The van der Waals surface area contributed by atoms with Gasteiger partial charge in [-0.1, -0.05) is 17.8 Å². The van der Waals surface area contributed by atoms with Gasteiger partial charge >= 0.3 is 0 Å². The highest BCUT2D eigenvalue weighted by atomic mass is 32.2. The van der Waals surface area contributed by atoms with Gasteiger partial charge < -0.3 is 14.5 Å². The molecule has 1 amide bonds. The van der Waals surface area contributed by atoms with E-state index in [1.807, 2.05) is 41.4 Å². The van der Waals surface area contributed by atoms with Crippen LogP contribution in [0.3, 0.4) is 0 Å². The predicted molar refractivity (Wildman–Crippen MR) is 115 cm³/mol. The van der Waals surface area contributed by atoms with Crippen molar-refractivity contribution in [2.45, 2.75) is 5.03 Å². The maximum Gasteiger partial charge on any atom is 0.233 e. The Bertz CT molecular complexity index is 1000. The number of hydrogen-bond donors (Lipinski definition) is 1. The third-order valence-corrected chi connectivity index (χ3v) is 6.18. The van der Waals surface area contributed by atoms with Crippen LogP contribution < -0.4 is 9.64 Å². The fraction of sp³-hybridized carbons (Fsp3) is 0.318. The van der Waals surface area contributed by atoms with Gasteiger partial charge in [-0.25, -0.2) is 4.98 Å². The summed E-state index contributed by atoms with van der Waals surface area (Å²) in [5.41, 5.74) is 2.94. The predicted octanol–water partition coefficient (Wildman–Crippen LogP) is 1.75. The third kappa shape index (κ3) is 4.52. The number of nitrogens with zero attached hydrogens (tertiary/aromatic N) is 3. The van der Waals surface area contributed by atoms with Gasteiger partial charge in [0.1, 0.15) is 5.75 Å². The number of rotatable bonds is 5. The molecule has 29 heavy (non-hydrogen) atoms. The first kappa shape index (κ1) is 19.7. The Balaban J connectivity index is 1.61. The van der Waals surface area contributed by atoms with Crippen LogP contribution in [0.5, 0.6) is 5.75 Å². The summed E-state index contributed by atoms with van der Waals surface area (Å²) in [5, 5.41) is 1.87. The number of carbonyl (C=O) groups excluding carboxylic acids is 1. The van der Waals surface area contributed by atoms with Crippen LogP contribution in [-0.4, -0.2) is 66.9 Å². The first-order valence-electron chi connectivity index (χ1n) is 9.75. The van der Waals surface area contributed by atoms with Crippen molar-refractivity contribution < 1.29 is 14.4 Å². The fourth-order valence-electron chi connectivity index (χ4n) is 3.51. The molecule has 0 radical (unpaired) electrons. The van der Waals surface area contributed by atoms with Gasteiger partial charge in [-0.2, -0.15) is 0 Å². The summed E-state index contributed by atoms with van der Waals surface area (Å²) in [6, 6.07) is 11.9. The Kier molecular flexibility index (Phi) is 5.97. The number of methoxy groups -OCH3 is 1. The van der Waals surface area contributed by atoms with Crippen LogP contribution in [0, 0.1) is 0 Å². The highest BCUT2D eigenvalue weighted by Crippen LogP contribution is 2.33. The van der Waals surface area contributed by atoms with E-state index in [9.17, 15) is 4.79 Å². The molecule has 1 N–H and O–H groups in total. The normalized spacial score (nSPS) is 14.9. The molecule has 0 saturated carbocycles. The minimum atomic E-state index is 0.179. The molecule has 0 unspecified atom stereocenters. The molecular weight excluding hydrogens is 384 g/mol. The van der Waals surface area contributed by atoms with E-state index in [0.29, 0.717) is 5.75 Å². The van der Waals surface area contributed by atoms with Gasteiger partial charge in [0.15, 0.2) is 0 Å². The van der Waals surface area contributed by atoms with Gasteiger partial charge in [-0.05, 0) is 29.8 Å². The van der Waals surface area contributed by atoms with E-state index in [2.05, 4.69) is 18.1 Å². The van der Waals surface area contributed by atoms with Crippen molar-refractivity contribution in [1.82, 2.24) is 14.9 Å². The van der Waals surface area contributed by atoms with E-state index in [4.69, 9.17) is 9.72 Å². The number of carbonyl (C=O) groups is 1. The van der Waals surface area contributed by atoms with E-state index in [0.717, 1.165) is 59.0 Å². The second-order valence-corrected chi connectivity index (χ2v) is 8.26. The standard InChI is InChI=1S/C22H24N4O2S/c1-25-8-10-26(11-9-25)22(27)15-29-21-13-19(16-4-3-7-23-14-16)18-6-5-17(28-2)12-20(18)24-21/h3-7,12-14H,8-11,15H2,1-2H3/p+1. The van der Waals surface area contributed by atoms with E-state index in [1.165, 1.54) is 16.7 Å². The van der Waals surface area contributed by atoms with Crippen molar-refractivity contribution in [3.8, 4) is 16.9 Å². The van der Waals surface area contributed by atoms with Crippen molar-refractivity contribution in [3.63, 3.8) is 0 Å². The Morgan fingerprint density at radius 2 is 2.07 bits per heavy atom. The second kappa shape index (κ2) is 8.80. The van der Waals surface area contributed by atoms with E-state index >= 15 is 0 Å². The maximum atomic E-state index is 12.6. The molecule has 4 rings (SSSR count). The van der Waals surface area contributed by atoms with Crippen LogP contribution in [0.4, 0.5) is 0 Å². The van der Waals surface area contributed by atoms with Crippen molar-refractivity contribution in [3.05, 3.63) is 48.8 Å². The van der Waals surface area contributed by atoms with Gasteiger partial charge in [-0.3, -0.25) is 9.78 Å². The van der Waals surface area contributed by atoms with Gasteiger partial charge in [0.25, 0.3) is 0 Å². The summed E-state index contributed by atoms with van der Waals surface area (Å²) in [4.78, 5) is 25.1. The van der Waals surface area contributed by atoms with Crippen LogP contribution in [0.2, 0.25) is 0 Å². The Morgan fingerprint density at radius 1 is 1.24 bits per heavy atom. The number of amides is 1. The molecular formula is C22H25N4O2S+. The number of nitrogens with one attached hydrogen (secondary N) is 1. The molecule has 6 nitrogen and oxygen atoms in total. The zero-order valence-electron chi connectivity index (χ0n) is 16.7. The van der Waals surface area contributed by atoms with Crippen LogP contribution in [0.15, 0.2) is 53.8 Å². The Hall–Kier alpha value is -2.64. The van der Waals surface area contributed by atoms with Crippen LogP contribution in [-0.2, 0) is 4.79 Å². The summed E-state index contributed by atoms with van der Waals surface area (Å²) < 4.78 is 5.37. The summed E-state index contributed by atoms with van der Waals surface area (Å²) in [7, 11) is 3.82. The van der Waals surface area contributed by atoms with Crippen molar-refractivity contribution in [2.24, 2.45) is 0 Å². The number of aromatic nitrogens is 2. The minimum absolute atomic E-state index is 0.179. The summed E-state index contributed by atoms with van der Waals surface area (Å²) in [6.45, 7) is 3.67. The van der Waals surface area contributed by atoms with Gasteiger partial charge in [0, 0.05) is 29.4 Å². The zero-order valence-corrected chi connectivity index (χ0v) is 17.5. The summed E-state index contributed by atoms with van der Waals surface area (Å²) in [6.07, 6.45) is 3.62. The minimum Gasteiger partial charge on any atom is -0.497 e. The molecule has 150 valence electrons. The fourth-order valence-corrected chi connectivity index (χ4v) is 4.33. The number of piperazine rings is 1. The van der Waals surface area contributed by atoms with Gasteiger partial charge in [0.2, 0.25) is 5.91 Å². The summed E-state index contributed by atoms with van der Waals surface area (Å²) in [5.74, 6) is 1.34. The quantitative estimate of drug-likeness (QED) is 0.651. The largest absolute Gasteiger partial charge is 0.497 e. The smallest absolute Gasteiger partial charge is 0.233 e. The number of thioether (sulfide) groups is 1. The molecule has 1 saturated heterocycles. The number of likely N-dealkylation sites (N-methyl/N-ethyl adjacent to an activating group) is 1. The van der Waals surface area contributed by atoms with E-state index in [1.54, 1.807) is 13.3 Å². The van der Waals surface area contributed by atoms with Crippen LogP contribution >= 0.6 is 11.8 Å². The van der Waals surface area contributed by atoms with Gasteiger partial charge in [0.05, 0.1) is 56.6 Å². The number of fused-ring (bicyclic) bond motifs is 1. The molecule has 1 aliphatic heterocycles. The lowest BCUT2D eigenvalue weighted by Gasteiger charge is -2.30. The molecule has 0 aliphatic carbocycles. The van der Waals surface area contributed by atoms with Gasteiger partial charge in [-0.15, -0.1) is 0 Å². The van der Waals surface area contributed by atoms with Crippen molar-refractivity contribution >= 4 is 28.6 Å².